The SMILES string of the molecule is CCC(C)N(CC(=O)Nc1ccccc1N1CCOCC1)C(C)=O. The average Bonchev–Trinajstić information content (AvgIpc) is 2.60. The summed E-state index contributed by atoms with van der Waals surface area (Å²) in [5, 5.41) is 2.96. The summed E-state index contributed by atoms with van der Waals surface area (Å²) in [6.45, 7) is 8.52. The van der Waals surface area contributed by atoms with Crippen molar-refractivity contribution in [3.8, 4) is 0 Å². The molecular weight excluding hydrogens is 306 g/mol. The van der Waals surface area contributed by atoms with Crippen LogP contribution in [0.1, 0.15) is 27.2 Å². The number of hydrogen-bond acceptors (Lipinski definition) is 4. The molecule has 1 aliphatic heterocycles. The monoisotopic (exact) mass is 333 g/mol. The molecule has 0 bridgehead atoms. The number of benzene rings is 1. The number of rotatable bonds is 6. The van der Waals surface area contributed by atoms with Crippen LogP contribution in [0.4, 0.5) is 11.4 Å². The summed E-state index contributed by atoms with van der Waals surface area (Å²) in [7, 11) is 0. The lowest BCUT2D eigenvalue weighted by molar-refractivity contribution is -0.134. The zero-order chi connectivity index (χ0) is 17.5. The van der Waals surface area contributed by atoms with Crippen molar-refractivity contribution in [2.45, 2.75) is 33.2 Å². The van der Waals surface area contributed by atoms with E-state index in [0.717, 1.165) is 30.9 Å². The molecule has 6 heteroatoms. The van der Waals surface area contributed by atoms with Gasteiger partial charge < -0.3 is 19.9 Å². The number of carbonyl (C=O) groups excluding carboxylic acids is 2. The Hall–Kier alpha value is -2.08. The van der Waals surface area contributed by atoms with Crippen LogP contribution in [0.2, 0.25) is 0 Å². The predicted molar refractivity (Wildman–Crippen MR) is 95.2 cm³/mol. The summed E-state index contributed by atoms with van der Waals surface area (Å²) in [6.07, 6.45) is 0.817. The van der Waals surface area contributed by atoms with Crippen molar-refractivity contribution in [1.82, 2.24) is 4.90 Å². The number of amides is 2. The summed E-state index contributed by atoms with van der Waals surface area (Å²) in [4.78, 5) is 28.0. The molecule has 0 spiro atoms. The molecule has 1 heterocycles. The van der Waals surface area contributed by atoms with E-state index in [1.807, 2.05) is 38.1 Å². The van der Waals surface area contributed by atoms with E-state index in [9.17, 15) is 9.59 Å². The molecule has 1 unspecified atom stereocenters. The first-order valence-corrected chi connectivity index (χ1v) is 8.51. The number of nitrogens with zero attached hydrogens (tertiary/aromatic N) is 2. The number of anilines is 2. The van der Waals surface area contributed by atoms with Crippen LogP contribution < -0.4 is 10.2 Å². The van der Waals surface area contributed by atoms with Gasteiger partial charge in [0.05, 0.1) is 24.6 Å². The van der Waals surface area contributed by atoms with Crippen LogP contribution in [-0.4, -0.2) is 55.6 Å². The Morgan fingerprint density at radius 2 is 1.96 bits per heavy atom. The van der Waals surface area contributed by atoms with E-state index in [0.29, 0.717) is 13.2 Å². The largest absolute Gasteiger partial charge is 0.378 e. The second-order valence-corrected chi connectivity index (χ2v) is 6.07. The van der Waals surface area contributed by atoms with Gasteiger partial charge in [-0.25, -0.2) is 0 Å². The molecule has 6 nitrogen and oxygen atoms in total. The third kappa shape index (κ3) is 4.71. The lowest BCUT2D eigenvalue weighted by Crippen LogP contribution is -2.42. The topological polar surface area (TPSA) is 61.9 Å². The normalized spacial score (nSPS) is 15.7. The fourth-order valence-electron chi connectivity index (χ4n) is 2.80. The molecule has 132 valence electrons. The van der Waals surface area contributed by atoms with E-state index >= 15 is 0 Å². The predicted octanol–water partition coefficient (Wildman–Crippen LogP) is 2.11. The zero-order valence-corrected chi connectivity index (χ0v) is 14.7. The van der Waals surface area contributed by atoms with Crippen LogP contribution in [0.25, 0.3) is 0 Å². The van der Waals surface area contributed by atoms with Gasteiger partial charge in [-0.15, -0.1) is 0 Å². The number of carbonyl (C=O) groups is 2. The van der Waals surface area contributed by atoms with Crippen LogP contribution in [0.5, 0.6) is 0 Å². The standard InChI is InChI=1S/C18H27N3O3/c1-4-14(2)21(15(3)22)13-18(23)19-16-7-5-6-8-17(16)20-9-11-24-12-10-20/h5-8,14H,4,9-13H2,1-3H3,(H,19,23). The minimum absolute atomic E-state index is 0.0442. The Morgan fingerprint density at radius 1 is 1.29 bits per heavy atom. The summed E-state index contributed by atoms with van der Waals surface area (Å²) < 4.78 is 5.39. The van der Waals surface area contributed by atoms with Crippen LogP contribution >= 0.6 is 0 Å². The molecule has 0 aliphatic carbocycles. The van der Waals surface area contributed by atoms with E-state index in [4.69, 9.17) is 4.74 Å². The average molecular weight is 333 g/mol. The summed E-state index contributed by atoms with van der Waals surface area (Å²) in [5.41, 5.74) is 1.77. The van der Waals surface area contributed by atoms with Gasteiger partial charge in [-0.2, -0.15) is 0 Å². The van der Waals surface area contributed by atoms with E-state index < -0.39 is 0 Å². The van der Waals surface area contributed by atoms with Gasteiger partial charge in [-0.1, -0.05) is 19.1 Å². The highest BCUT2D eigenvalue weighted by Gasteiger charge is 2.20. The molecule has 1 aromatic carbocycles. The number of hydrogen-bond donors (Lipinski definition) is 1. The maximum atomic E-state index is 12.4. The molecule has 1 saturated heterocycles. The Labute approximate surface area is 143 Å². The molecule has 0 aromatic heterocycles. The quantitative estimate of drug-likeness (QED) is 0.866. The van der Waals surface area contributed by atoms with Crippen molar-refractivity contribution in [3.63, 3.8) is 0 Å². The molecule has 1 N–H and O–H groups in total. The van der Waals surface area contributed by atoms with Gasteiger partial charge in [0.2, 0.25) is 11.8 Å². The van der Waals surface area contributed by atoms with Crippen molar-refractivity contribution in [1.29, 1.82) is 0 Å². The van der Waals surface area contributed by atoms with E-state index in [2.05, 4.69) is 10.2 Å². The maximum Gasteiger partial charge on any atom is 0.244 e. The van der Waals surface area contributed by atoms with E-state index in [1.54, 1.807) is 4.90 Å². The van der Waals surface area contributed by atoms with Gasteiger partial charge in [0, 0.05) is 26.1 Å². The minimum atomic E-state index is -0.175. The van der Waals surface area contributed by atoms with Gasteiger partial charge in [0.15, 0.2) is 0 Å². The first-order valence-electron chi connectivity index (χ1n) is 8.51. The van der Waals surface area contributed by atoms with Crippen LogP contribution in [0, 0.1) is 0 Å². The molecule has 1 fully saturated rings. The number of ether oxygens (including phenoxy) is 1. The molecule has 24 heavy (non-hydrogen) atoms. The fraction of sp³-hybridized carbons (Fsp3) is 0.556. The first-order chi connectivity index (χ1) is 11.5. The second-order valence-electron chi connectivity index (χ2n) is 6.07. The Kier molecular flexibility index (Phi) is 6.61. The van der Waals surface area contributed by atoms with Gasteiger partial charge in [-0.3, -0.25) is 9.59 Å². The summed E-state index contributed by atoms with van der Waals surface area (Å²) >= 11 is 0. The van der Waals surface area contributed by atoms with Crippen molar-refractivity contribution in [2.24, 2.45) is 0 Å². The van der Waals surface area contributed by atoms with Gasteiger partial charge in [0.25, 0.3) is 0 Å². The number of nitrogens with one attached hydrogen (secondary N) is 1. The highest BCUT2D eigenvalue weighted by Crippen LogP contribution is 2.26. The van der Waals surface area contributed by atoms with Crippen molar-refractivity contribution in [2.75, 3.05) is 43.1 Å². The van der Waals surface area contributed by atoms with Crippen LogP contribution in [0.15, 0.2) is 24.3 Å². The lowest BCUT2D eigenvalue weighted by atomic mass is 10.2. The number of morpholine rings is 1. The van der Waals surface area contributed by atoms with Crippen molar-refractivity contribution >= 4 is 23.2 Å². The van der Waals surface area contributed by atoms with Gasteiger partial charge in [0.1, 0.15) is 6.54 Å². The molecule has 1 aromatic rings. The summed E-state index contributed by atoms with van der Waals surface area (Å²) in [5.74, 6) is -0.257. The van der Waals surface area contributed by atoms with Crippen molar-refractivity contribution in [3.05, 3.63) is 24.3 Å². The van der Waals surface area contributed by atoms with Gasteiger partial charge >= 0.3 is 0 Å². The molecular formula is C18H27N3O3. The van der Waals surface area contributed by atoms with Crippen LogP contribution in [-0.2, 0) is 14.3 Å². The Morgan fingerprint density at radius 3 is 2.58 bits per heavy atom. The molecule has 0 saturated carbocycles. The fourth-order valence-corrected chi connectivity index (χ4v) is 2.80. The Balaban J connectivity index is 2.07. The highest BCUT2D eigenvalue weighted by atomic mass is 16.5. The third-order valence-corrected chi connectivity index (χ3v) is 4.37. The maximum absolute atomic E-state index is 12.4. The third-order valence-electron chi connectivity index (χ3n) is 4.37. The van der Waals surface area contributed by atoms with E-state index in [-0.39, 0.29) is 24.4 Å². The van der Waals surface area contributed by atoms with Crippen molar-refractivity contribution < 1.29 is 14.3 Å². The molecule has 2 amide bonds. The molecule has 0 radical (unpaired) electrons. The Bertz CT molecular complexity index is 570. The number of para-hydroxylation sites is 2. The molecule has 1 aliphatic rings. The lowest BCUT2D eigenvalue weighted by Gasteiger charge is -2.31. The minimum Gasteiger partial charge on any atom is -0.378 e. The molecule has 1 atom stereocenters. The summed E-state index contributed by atoms with van der Waals surface area (Å²) in [6, 6.07) is 7.80. The smallest absolute Gasteiger partial charge is 0.244 e. The molecule has 2 rings (SSSR count). The van der Waals surface area contributed by atoms with Gasteiger partial charge in [-0.05, 0) is 25.5 Å². The zero-order valence-electron chi connectivity index (χ0n) is 14.7. The highest BCUT2D eigenvalue weighted by molar-refractivity contribution is 5.97. The first kappa shape index (κ1) is 18.3. The second kappa shape index (κ2) is 8.68. The van der Waals surface area contributed by atoms with Crippen LogP contribution in [0.3, 0.4) is 0 Å². The van der Waals surface area contributed by atoms with E-state index in [1.165, 1.54) is 6.92 Å².